The van der Waals surface area contributed by atoms with E-state index in [9.17, 15) is 19.8 Å². The largest absolute Gasteiger partial charge is 2.00 e. The van der Waals surface area contributed by atoms with E-state index >= 15 is 0 Å². The number of carboxylic acid groups (broad SMARTS) is 2. The van der Waals surface area contributed by atoms with Gasteiger partial charge in [0.05, 0.1) is 17.1 Å². The zero-order chi connectivity index (χ0) is 32.1. The van der Waals surface area contributed by atoms with Crippen LogP contribution in [0.25, 0.3) is 18.2 Å². The van der Waals surface area contributed by atoms with E-state index < -0.39 is 22.3 Å². The molecular weight excluding hydrogens is 654 g/mol. The van der Waals surface area contributed by atoms with E-state index in [4.69, 9.17) is 33.2 Å². The minimum absolute atomic E-state index is 0. The average molecular weight is 691 g/mol. The Bertz CT molecular complexity index is 1870. The predicted octanol–water partition coefficient (Wildman–Crippen LogP) is 3.52. The van der Waals surface area contributed by atoms with Crippen molar-refractivity contribution in [2.24, 2.45) is 9.98 Å². The van der Waals surface area contributed by atoms with Crippen LogP contribution in [0.1, 0.15) is 92.4 Å². The number of carboxylic acids is 2. The van der Waals surface area contributed by atoms with Crippen molar-refractivity contribution in [2.45, 2.75) is 90.4 Å². The van der Waals surface area contributed by atoms with Crippen molar-refractivity contribution < 1.29 is 36.9 Å². The second-order valence-corrected chi connectivity index (χ2v) is 12.6. The molecule has 5 rings (SSSR count). The van der Waals surface area contributed by atoms with E-state index in [0.29, 0.717) is 28.9 Å². The number of aromatic amines is 2. The van der Waals surface area contributed by atoms with Crippen LogP contribution in [0.4, 0.5) is 0 Å². The van der Waals surface area contributed by atoms with Gasteiger partial charge in [-0.05, 0) is 129 Å². The maximum atomic E-state index is 11.5. The van der Waals surface area contributed by atoms with Gasteiger partial charge >= 0.3 is 17.1 Å². The van der Waals surface area contributed by atoms with Gasteiger partial charge in [-0.25, -0.2) is 4.99 Å². The number of rotatable bonds is 8. The molecule has 8 nitrogen and oxygen atoms in total. The summed E-state index contributed by atoms with van der Waals surface area (Å²) in [7, 11) is 0. The first-order chi connectivity index (χ1) is 20.8. The zero-order valence-corrected chi connectivity index (χ0v) is 28.9. The second kappa shape index (κ2) is 13.3. The fourth-order valence-electron chi connectivity index (χ4n) is 6.57. The molecule has 0 aliphatic carbocycles. The molecule has 11 heteroatoms. The topological polar surface area (TPSA) is 137 Å². The molecule has 237 valence electrons. The number of nitrogens with one attached hydrogen (secondary N) is 2. The minimum Gasteiger partial charge on any atom is -0.550 e. The van der Waals surface area contributed by atoms with Crippen LogP contribution in [-0.2, 0) is 39.5 Å². The van der Waals surface area contributed by atoms with Crippen LogP contribution in [0.15, 0.2) is 38.0 Å². The zero-order valence-electron chi connectivity index (χ0n) is 26.2. The Morgan fingerprint density at radius 3 is 2.13 bits per heavy atom. The van der Waals surface area contributed by atoms with E-state index in [1.54, 1.807) is 0 Å². The summed E-state index contributed by atoms with van der Waals surface area (Å²) in [5.74, 6) is -2.29. The molecule has 0 saturated carbocycles. The third kappa shape index (κ3) is 6.20. The first-order valence-corrected chi connectivity index (χ1v) is 15.8. The maximum absolute atomic E-state index is 11.5. The summed E-state index contributed by atoms with van der Waals surface area (Å²) < 4.78 is 0. The maximum Gasteiger partial charge on any atom is 2.00 e. The van der Waals surface area contributed by atoms with Crippen molar-refractivity contribution in [3.8, 4) is 0 Å². The molecule has 2 unspecified atom stereocenters. The molecule has 45 heavy (non-hydrogen) atoms. The van der Waals surface area contributed by atoms with Crippen molar-refractivity contribution in [2.75, 3.05) is 0 Å². The standard InChI is InChI=1S/C34H38Cl2N4O4.Mn/c1-7-20-16(3)26-13-24-17(4)22(9-11-30(41)42)27(37-24)15-28-23(10-12-31(43)44)18(5)25(38-28)14-29-21(8-2)19(6)34(36,40-29)33(35)32(20)39-26;/h13-15,33,38-39H,7-12H2,1-6H3,(H,41,42)(H,43,44);/q;+2/p-2. The van der Waals surface area contributed by atoms with E-state index in [1.807, 2.05) is 45.9 Å². The van der Waals surface area contributed by atoms with Crippen LogP contribution in [0.3, 0.4) is 0 Å². The number of carbonyl (C=O) groups is 2. The first-order valence-electron chi connectivity index (χ1n) is 15.0. The van der Waals surface area contributed by atoms with E-state index in [1.165, 1.54) is 0 Å². The SMILES string of the molecule is CCC1=C(C)C2(Cl)N=C1C=c1[nH]c(c(CCC(=O)[O-])c1C)=CC1=NC(=Cc3[nH]c(c(CC)c3C)C2Cl)C(C)=C1CCC(=O)[O-].[Mn+2]. The summed E-state index contributed by atoms with van der Waals surface area (Å²) in [6.45, 7) is 12.0. The summed E-state index contributed by atoms with van der Waals surface area (Å²) in [5.41, 5.74) is 11.0. The molecule has 8 bridgehead atoms. The van der Waals surface area contributed by atoms with Crippen molar-refractivity contribution in [3.63, 3.8) is 0 Å². The molecule has 2 atom stereocenters. The Morgan fingerprint density at radius 2 is 1.51 bits per heavy atom. The number of aliphatic carboxylic acids is 2. The van der Waals surface area contributed by atoms with Crippen LogP contribution >= 0.6 is 23.2 Å². The average Bonchev–Trinajstić information content (AvgIpc) is 3.62. The molecule has 0 amide bonds. The summed E-state index contributed by atoms with van der Waals surface area (Å²) in [6, 6.07) is 0. The van der Waals surface area contributed by atoms with Crippen molar-refractivity contribution in [3.05, 3.63) is 72.3 Å². The Hall–Kier alpha value is -3.10. The van der Waals surface area contributed by atoms with Crippen molar-refractivity contribution >= 4 is 64.8 Å². The third-order valence-corrected chi connectivity index (χ3v) is 10.4. The Morgan fingerprint density at radius 1 is 0.867 bits per heavy atom. The van der Waals surface area contributed by atoms with Crippen LogP contribution in [0.2, 0.25) is 0 Å². The van der Waals surface area contributed by atoms with Crippen molar-refractivity contribution in [1.29, 1.82) is 0 Å². The van der Waals surface area contributed by atoms with Gasteiger partial charge in [0.1, 0.15) is 5.38 Å². The van der Waals surface area contributed by atoms with Gasteiger partial charge in [0.15, 0.2) is 5.00 Å². The molecule has 2 aromatic rings. The monoisotopic (exact) mass is 689 g/mol. The second-order valence-electron chi connectivity index (χ2n) is 11.6. The van der Waals surface area contributed by atoms with Crippen LogP contribution in [0.5, 0.6) is 0 Å². The number of hydrogen-bond donors (Lipinski definition) is 2. The van der Waals surface area contributed by atoms with E-state index in [-0.39, 0.29) is 42.8 Å². The molecule has 0 fully saturated rings. The summed E-state index contributed by atoms with van der Waals surface area (Å²) in [5, 5.41) is 23.7. The molecule has 1 radical (unpaired) electrons. The number of nitrogens with zero attached hydrogens (tertiary/aromatic N) is 2. The van der Waals surface area contributed by atoms with Gasteiger partial charge in [-0.3, -0.25) is 4.99 Å². The van der Waals surface area contributed by atoms with Crippen molar-refractivity contribution in [1.82, 2.24) is 9.97 Å². The number of carbonyl (C=O) groups excluding carboxylic acids is 2. The number of H-pyrrole nitrogens is 2. The normalized spacial score (nSPS) is 20.7. The first kappa shape index (κ1) is 34.8. The quantitative estimate of drug-likeness (QED) is 0.249. The van der Waals surface area contributed by atoms with E-state index in [2.05, 4.69) is 23.8 Å². The molecule has 3 aliphatic rings. The molecule has 3 aliphatic heterocycles. The van der Waals surface area contributed by atoms with Gasteiger partial charge in [-0.15, -0.1) is 11.6 Å². The van der Waals surface area contributed by atoms with Gasteiger partial charge < -0.3 is 29.8 Å². The smallest absolute Gasteiger partial charge is 0.550 e. The molecule has 2 N–H and O–H groups in total. The molecular formula is C34H36Cl2MnN4O4. The van der Waals surface area contributed by atoms with Crippen LogP contribution in [-0.4, -0.2) is 38.3 Å². The number of allylic oxidation sites excluding steroid dienone is 3. The van der Waals surface area contributed by atoms with E-state index in [0.717, 1.165) is 67.7 Å². The third-order valence-electron chi connectivity index (χ3n) is 9.16. The fraction of sp³-hybridized carbons (Fsp3) is 0.412. The number of halogens is 2. The minimum atomic E-state index is -1.22. The Balaban J connectivity index is 0.00000461. The van der Waals surface area contributed by atoms with Crippen LogP contribution < -0.4 is 20.9 Å². The predicted molar refractivity (Wildman–Crippen MR) is 172 cm³/mol. The number of aliphatic imine (C=N–C) groups is 2. The molecule has 5 heterocycles. The number of hydrogen-bond acceptors (Lipinski definition) is 6. The van der Waals surface area contributed by atoms with Gasteiger partial charge in [0.25, 0.3) is 0 Å². The molecule has 2 aromatic heterocycles. The summed E-state index contributed by atoms with van der Waals surface area (Å²) >= 11 is 14.6. The van der Waals surface area contributed by atoms with Gasteiger partial charge in [0.2, 0.25) is 0 Å². The summed E-state index contributed by atoms with van der Waals surface area (Å²) in [6.07, 6.45) is 7.38. The number of fused-ring (bicyclic) bond motifs is 6. The molecule has 0 spiro atoms. The van der Waals surface area contributed by atoms with Gasteiger partial charge in [-0.1, -0.05) is 25.4 Å². The van der Waals surface area contributed by atoms with Gasteiger partial charge in [0, 0.05) is 34.0 Å². The van der Waals surface area contributed by atoms with Crippen LogP contribution in [0, 0.1) is 13.8 Å². The number of alkyl halides is 2. The van der Waals surface area contributed by atoms with Gasteiger partial charge in [-0.2, -0.15) is 0 Å². The number of aromatic nitrogens is 2. The Kier molecular flexibility index (Phi) is 10.3. The summed E-state index contributed by atoms with van der Waals surface area (Å²) in [4.78, 5) is 38.7. The molecule has 0 aromatic carbocycles. The fourth-order valence-corrected chi connectivity index (χ4v) is 7.28. The molecule has 0 saturated heterocycles. The Labute approximate surface area is 283 Å².